The van der Waals surface area contributed by atoms with E-state index in [2.05, 4.69) is 6.07 Å². The van der Waals surface area contributed by atoms with Crippen molar-refractivity contribution in [3.8, 4) is 11.8 Å². The van der Waals surface area contributed by atoms with E-state index in [0.29, 0.717) is 28.4 Å². The molecular formula is C15H19NO3S. The highest BCUT2D eigenvalue weighted by molar-refractivity contribution is 7.85. The van der Waals surface area contributed by atoms with Crippen molar-refractivity contribution >= 4 is 16.6 Å². The number of rotatable bonds is 6. The van der Waals surface area contributed by atoms with E-state index in [1.807, 2.05) is 13.8 Å². The lowest BCUT2D eigenvalue weighted by Gasteiger charge is -2.15. The molecule has 20 heavy (non-hydrogen) atoms. The van der Waals surface area contributed by atoms with Crippen molar-refractivity contribution in [1.29, 1.82) is 5.26 Å². The first-order valence-electron chi connectivity index (χ1n) is 6.29. The zero-order valence-corrected chi connectivity index (χ0v) is 13.0. The lowest BCUT2D eigenvalue weighted by atomic mass is 9.93. The molecule has 0 amide bonds. The third-order valence-electron chi connectivity index (χ3n) is 3.03. The number of nitrogens with zero attached hydrogens (tertiary/aromatic N) is 1. The Balaban J connectivity index is 2.94. The topological polar surface area (TPSA) is 67.2 Å². The van der Waals surface area contributed by atoms with E-state index in [4.69, 9.17) is 10.00 Å². The third kappa shape index (κ3) is 4.17. The average Bonchev–Trinajstić information content (AvgIpc) is 2.44. The van der Waals surface area contributed by atoms with E-state index in [0.717, 1.165) is 0 Å². The van der Waals surface area contributed by atoms with Gasteiger partial charge in [-0.3, -0.25) is 9.00 Å². The number of ketones is 1. The van der Waals surface area contributed by atoms with E-state index in [-0.39, 0.29) is 5.78 Å². The predicted molar refractivity (Wildman–Crippen MR) is 78.3 cm³/mol. The molecule has 1 aromatic carbocycles. The van der Waals surface area contributed by atoms with Gasteiger partial charge in [-0.2, -0.15) is 5.26 Å². The van der Waals surface area contributed by atoms with Crippen molar-refractivity contribution in [1.82, 2.24) is 0 Å². The lowest BCUT2D eigenvalue weighted by Crippen LogP contribution is -2.13. The van der Waals surface area contributed by atoms with Gasteiger partial charge in [-0.25, -0.2) is 0 Å². The number of nitriles is 1. The molecule has 0 heterocycles. The van der Waals surface area contributed by atoms with Crippen LogP contribution in [0.4, 0.5) is 0 Å². The smallest absolute Gasteiger partial charge is 0.159 e. The molecule has 0 unspecified atom stereocenters. The van der Waals surface area contributed by atoms with Crippen molar-refractivity contribution in [3.63, 3.8) is 0 Å². The van der Waals surface area contributed by atoms with Gasteiger partial charge in [0.25, 0.3) is 0 Å². The maximum Gasteiger partial charge on any atom is 0.159 e. The number of carbonyl (C=O) groups excluding carboxylic acids is 1. The summed E-state index contributed by atoms with van der Waals surface area (Å²) in [5, 5.41) is 8.96. The number of methoxy groups -OCH3 is 1. The Kier molecular flexibility index (Phi) is 5.46. The summed E-state index contributed by atoms with van der Waals surface area (Å²) < 4.78 is 17.5. The minimum atomic E-state index is -1.25. The molecule has 1 aromatic rings. The summed E-state index contributed by atoms with van der Waals surface area (Å²) in [6.07, 6.45) is 0.535. The van der Waals surface area contributed by atoms with E-state index >= 15 is 0 Å². The molecule has 0 spiro atoms. The van der Waals surface area contributed by atoms with Gasteiger partial charge in [0, 0.05) is 11.3 Å². The largest absolute Gasteiger partial charge is 0.495 e. The summed E-state index contributed by atoms with van der Waals surface area (Å²) in [4.78, 5) is 11.9. The summed E-state index contributed by atoms with van der Waals surface area (Å²) in [6, 6.07) is 7.10. The number of carbonyl (C=O) groups is 1. The molecule has 0 aliphatic heterocycles. The fourth-order valence-electron chi connectivity index (χ4n) is 1.59. The molecule has 0 aliphatic carbocycles. The quantitative estimate of drug-likeness (QED) is 0.756. The van der Waals surface area contributed by atoms with Crippen molar-refractivity contribution < 1.29 is 13.7 Å². The second kappa shape index (κ2) is 6.67. The average molecular weight is 293 g/mol. The van der Waals surface area contributed by atoms with Gasteiger partial charge in [-0.15, -0.1) is 0 Å². The molecule has 108 valence electrons. The van der Waals surface area contributed by atoms with Crippen LogP contribution in [0.2, 0.25) is 0 Å². The molecule has 0 saturated carbocycles. The molecule has 0 N–H and O–H groups in total. The maximum absolute atomic E-state index is 12.3. The van der Waals surface area contributed by atoms with Gasteiger partial charge >= 0.3 is 0 Å². The van der Waals surface area contributed by atoms with Crippen molar-refractivity contribution in [2.75, 3.05) is 12.9 Å². The fourth-order valence-corrected chi connectivity index (χ4v) is 3.09. The Bertz CT molecular complexity index is 573. The second-order valence-electron chi connectivity index (χ2n) is 5.22. The van der Waals surface area contributed by atoms with Crippen LogP contribution in [0.15, 0.2) is 23.1 Å². The van der Waals surface area contributed by atoms with E-state index in [1.165, 1.54) is 14.0 Å². The van der Waals surface area contributed by atoms with Crippen LogP contribution in [0.1, 0.15) is 37.6 Å². The van der Waals surface area contributed by atoms with E-state index in [9.17, 15) is 9.00 Å². The molecule has 0 saturated heterocycles. The van der Waals surface area contributed by atoms with Gasteiger partial charge < -0.3 is 4.74 Å². The van der Waals surface area contributed by atoms with Crippen LogP contribution in [-0.4, -0.2) is 22.9 Å². The van der Waals surface area contributed by atoms with E-state index < -0.39 is 16.2 Å². The summed E-state index contributed by atoms with van der Waals surface area (Å²) in [7, 11) is 0.233. The SMILES string of the molecule is COc1cc(C(C)=O)ccc1[S@@](=O)CCC(C)(C)C#N. The molecule has 0 aliphatic rings. The first-order chi connectivity index (χ1) is 9.30. The Hall–Kier alpha value is -1.67. The minimum absolute atomic E-state index is 0.0637. The summed E-state index contributed by atoms with van der Waals surface area (Å²) in [5.74, 6) is 0.771. The highest BCUT2D eigenvalue weighted by Gasteiger charge is 2.20. The van der Waals surface area contributed by atoms with Crippen LogP contribution < -0.4 is 4.74 Å². The first kappa shape index (κ1) is 16.4. The van der Waals surface area contributed by atoms with Gasteiger partial charge in [0.1, 0.15) is 5.75 Å². The Morgan fingerprint density at radius 2 is 2.10 bits per heavy atom. The Morgan fingerprint density at radius 1 is 1.45 bits per heavy atom. The first-order valence-corrected chi connectivity index (χ1v) is 7.61. The van der Waals surface area contributed by atoms with Crippen LogP contribution in [0.5, 0.6) is 5.75 Å². The monoisotopic (exact) mass is 293 g/mol. The van der Waals surface area contributed by atoms with Crippen LogP contribution >= 0.6 is 0 Å². The minimum Gasteiger partial charge on any atom is -0.495 e. The van der Waals surface area contributed by atoms with Gasteiger partial charge in [-0.1, -0.05) is 0 Å². The molecule has 5 heteroatoms. The fraction of sp³-hybridized carbons (Fsp3) is 0.467. The third-order valence-corrected chi connectivity index (χ3v) is 4.43. The number of hydrogen-bond acceptors (Lipinski definition) is 4. The number of Topliss-reactive ketones (excluding diaryl/α,β-unsaturated/α-hetero) is 1. The van der Waals surface area contributed by atoms with Gasteiger partial charge in [-0.05, 0) is 45.4 Å². The number of hydrogen-bond donors (Lipinski definition) is 0. The van der Waals surface area contributed by atoms with Gasteiger partial charge in [0.05, 0.1) is 34.3 Å². The Labute approximate surface area is 122 Å². The van der Waals surface area contributed by atoms with Crippen molar-refractivity contribution in [3.05, 3.63) is 23.8 Å². The number of ether oxygens (including phenoxy) is 1. The van der Waals surface area contributed by atoms with Crippen LogP contribution in [0.3, 0.4) is 0 Å². The molecule has 1 rings (SSSR count). The summed E-state index contributed by atoms with van der Waals surface area (Å²) in [6.45, 7) is 5.11. The normalized spacial score (nSPS) is 12.6. The Morgan fingerprint density at radius 3 is 2.60 bits per heavy atom. The molecule has 0 radical (unpaired) electrons. The number of benzene rings is 1. The highest BCUT2D eigenvalue weighted by atomic mass is 32.2. The van der Waals surface area contributed by atoms with E-state index in [1.54, 1.807) is 18.2 Å². The van der Waals surface area contributed by atoms with Crippen LogP contribution in [-0.2, 0) is 10.8 Å². The van der Waals surface area contributed by atoms with Crippen LogP contribution in [0.25, 0.3) is 0 Å². The molecule has 0 fully saturated rings. The molecule has 0 bridgehead atoms. The zero-order valence-electron chi connectivity index (χ0n) is 12.2. The van der Waals surface area contributed by atoms with Crippen LogP contribution in [0, 0.1) is 16.7 Å². The van der Waals surface area contributed by atoms with Crippen molar-refractivity contribution in [2.45, 2.75) is 32.1 Å². The summed E-state index contributed by atoms with van der Waals surface area (Å²) in [5.41, 5.74) is 0.0299. The van der Waals surface area contributed by atoms with Gasteiger partial charge in [0.2, 0.25) is 0 Å². The molecular weight excluding hydrogens is 274 g/mol. The standard InChI is InChI=1S/C15H19NO3S/c1-11(17)12-5-6-14(13(9-12)19-4)20(18)8-7-15(2,3)10-16/h5-6,9H,7-8H2,1-4H3/t20-/m0/s1. The molecule has 4 nitrogen and oxygen atoms in total. The van der Waals surface area contributed by atoms with Gasteiger partial charge in [0.15, 0.2) is 5.78 Å². The molecule has 0 aromatic heterocycles. The summed E-state index contributed by atoms with van der Waals surface area (Å²) >= 11 is 0. The van der Waals surface area contributed by atoms with Crippen molar-refractivity contribution in [2.24, 2.45) is 5.41 Å². The maximum atomic E-state index is 12.3. The highest BCUT2D eigenvalue weighted by Crippen LogP contribution is 2.26. The lowest BCUT2D eigenvalue weighted by molar-refractivity contribution is 0.101. The molecule has 1 atom stereocenters. The predicted octanol–water partition coefficient (Wildman–Crippen LogP) is 2.95. The zero-order chi connectivity index (χ0) is 15.3. The second-order valence-corrected chi connectivity index (χ2v) is 6.76.